The van der Waals surface area contributed by atoms with Crippen LogP contribution in [0.5, 0.6) is 0 Å². The zero-order chi connectivity index (χ0) is 13.0. The first-order valence-electron chi connectivity index (χ1n) is 6.53. The van der Waals surface area contributed by atoms with E-state index in [9.17, 15) is 9.59 Å². The van der Waals surface area contributed by atoms with Crippen molar-refractivity contribution < 1.29 is 14.3 Å². The van der Waals surface area contributed by atoms with Gasteiger partial charge in [-0.05, 0) is 18.9 Å². The number of fused-ring (bicyclic) bond motifs is 3. The Morgan fingerprint density at radius 3 is 2.58 bits per heavy atom. The molecule has 3 heteroatoms. The third-order valence-electron chi connectivity index (χ3n) is 4.10. The van der Waals surface area contributed by atoms with Crippen LogP contribution < -0.4 is 0 Å². The van der Waals surface area contributed by atoms with Gasteiger partial charge >= 0.3 is 0 Å². The van der Waals surface area contributed by atoms with E-state index in [-0.39, 0.29) is 29.3 Å². The Kier molecular flexibility index (Phi) is 2.07. The van der Waals surface area contributed by atoms with E-state index in [0.29, 0.717) is 16.7 Å². The fourth-order valence-corrected chi connectivity index (χ4v) is 3.20. The van der Waals surface area contributed by atoms with E-state index in [2.05, 4.69) is 6.08 Å². The zero-order valence-electron chi connectivity index (χ0n) is 10.3. The highest BCUT2D eigenvalue weighted by molar-refractivity contribution is 6.26. The number of allylic oxidation sites excluding steroid dienone is 2. The van der Waals surface area contributed by atoms with Crippen molar-refractivity contribution in [1.82, 2.24) is 0 Å². The third-order valence-corrected chi connectivity index (χ3v) is 4.10. The monoisotopic (exact) mass is 252 g/mol. The number of carbonyl (C=O) groups is 2. The molecule has 0 saturated heterocycles. The van der Waals surface area contributed by atoms with Gasteiger partial charge in [-0.15, -0.1) is 0 Å². The van der Waals surface area contributed by atoms with Crippen molar-refractivity contribution in [2.24, 2.45) is 5.92 Å². The summed E-state index contributed by atoms with van der Waals surface area (Å²) in [6.07, 6.45) is 5.70. The molecule has 3 nitrogen and oxygen atoms in total. The van der Waals surface area contributed by atoms with E-state index in [1.807, 2.05) is 6.08 Å². The summed E-state index contributed by atoms with van der Waals surface area (Å²) < 4.78 is 5.73. The van der Waals surface area contributed by atoms with E-state index >= 15 is 0 Å². The summed E-state index contributed by atoms with van der Waals surface area (Å²) in [4.78, 5) is 25.0. The van der Waals surface area contributed by atoms with Gasteiger partial charge in [0.15, 0.2) is 11.5 Å². The predicted molar refractivity (Wildman–Crippen MR) is 68.9 cm³/mol. The second-order valence-corrected chi connectivity index (χ2v) is 5.14. The summed E-state index contributed by atoms with van der Waals surface area (Å²) in [6, 6.07) is 6.99. The van der Waals surface area contributed by atoms with Crippen LogP contribution in [0.15, 0.2) is 47.7 Å². The first-order chi connectivity index (χ1) is 9.27. The molecule has 2 aliphatic carbocycles. The molecule has 1 aromatic carbocycles. The van der Waals surface area contributed by atoms with Crippen molar-refractivity contribution >= 4 is 11.6 Å². The third kappa shape index (κ3) is 1.33. The highest BCUT2D eigenvalue weighted by atomic mass is 16.5. The van der Waals surface area contributed by atoms with Crippen LogP contribution in [0.3, 0.4) is 0 Å². The molecular weight excluding hydrogens is 240 g/mol. The Morgan fingerprint density at radius 1 is 1.05 bits per heavy atom. The number of hydrogen-bond acceptors (Lipinski definition) is 3. The van der Waals surface area contributed by atoms with Crippen molar-refractivity contribution in [1.29, 1.82) is 0 Å². The first-order valence-corrected chi connectivity index (χ1v) is 6.53. The maximum atomic E-state index is 12.6. The van der Waals surface area contributed by atoms with Gasteiger partial charge in [0.25, 0.3) is 0 Å². The number of hydrogen-bond donors (Lipinski definition) is 0. The fraction of sp³-hybridized carbons (Fsp3) is 0.250. The van der Waals surface area contributed by atoms with Crippen LogP contribution in [0.2, 0.25) is 0 Å². The van der Waals surface area contributed by atoms with Gasteiger partial charge in [-0.25, -0.2) is 0 Å². The Bertz CT molecular complexity index is 666. The number of ether oxygens (including phenoxy) is 1. The number of ketones is 2. The van der Waals surface area contributed by atoms with Crippen LogP contribution in [-0.2, 0) is 4.74 Å². The molecule has 2 unspecified atom stereocenters. The summed E-state index contributed by atoms with van der Waals surface area (Å²) in [5, 5.41) is 0. The fourth-order valence-electron chi connectivity index (χ4n) is 3.20. The van der Waals surface area contributed by atoms with Crippen molar-refractivity contribution in [3.8, 4) is 0 Å². The molecule has 0 spiro atoms. The van der Waals surface area contributed by atoms with Gasteiger partial charge < -0.3 is 4.74 Å². The molecule has 1 heterocycles. The van der Waals surface area contributed by atoms with Gasteiger partial charge in [-0.2, -0.15) is 0 Å². The van der Waals surface area contributed by atoms with Gasteiger partial charge in [0.2, 0.25) is 5.78 Å². The number of Topliss-reactive ketones (excluding diaryl/α,β-unsaturated/α-hetero) is 2. The van der Waals surface area contributed by atoms with Crippen molar-refractivity contribution in [3.63, 3.8) is 0 Å². The molecule has 19 heavy (non-hydrogen) atoms. The SMILES string of the molecule is O=C1C2=C(C(=O)c3ccccc31)C1CCC=CC1O2. The van der Waals surface area contributed by atoms with E-state index in [4.69, 9.17) is 4.74 Å². The van der Waals surface area contributed by atoms with Gasteiger partial charge in [-0.3, -0.25) is 9.59 Å². The van der Waals surface area contributed by atoms with Gasteiger partial charge in [-0.1, -0.05) is 30.3 Å². The Morgan fingerprint density at radius 2 is 1.79 bits per heavy atom. The van der Waals surface area contributed by atoms with Crippen LogP contribution in [0.1, 0.15) is 33.6 Å². The summed E-state index contributed by atoms with van der Waals surface area (Å²) in [5.74, 6) is 0.149. The maximum Gasteiger partial charge on any atom is 0.228 e. The molecule has 0 N–H and O–H groups in total. The van der Waals surface area contributed by atoms with E-state index in [1.165, 1.54) is 0 Å². The molecule has 0 saturated carbocycles. The molecule has 94 valence electrons. The highest BCUT2D eigenvalue weighted by Gasteiger charge is 2.46. The van der Waals surface area contributed by atoms with Crippen LogP contribution in [0.4, 0.5) is 0 Å². The van der Waals surface area contributed by atoms with Crippen LogP contribution >= 0.6 is 0 Å². The summed E-state index contributed by atoms with van der Waals surface area (Å²) >= 11 is 0. The average Bonchev–Trinajstić information content (AvgIpc) is 2.84. The summed E-state index contributed by atoms with van der Waals surface area (Å²) in [7, 11) is 0. The average molecular weight is 252 g/mol. The molecule has 1 aliphatic heterocycles. The number of rotatable bonds is 0. The molecule has 1 aromatic rings. The van der Waals surface area contributed by atoms with E-state index in [0.717, 1.165) is 12.8 Å². The quantitative estimate of drug-likeness (QED) is 0.667. The minimum atomic E-state index is -0.145. The molecular formula is C16H12O3. The highest BCUT2D eigenvalue weighted by Crippen LogP contribution is 2.43. The molecule has 0 amide bonds. The molecule has 0 fully saturated rings. The molecule has 0 bridgehead atoms. The largest absolute Gasteiger partial charge is 0.481 e. The van der Waals surface area contributed by atoms with E-state index in [1.54, 1.807) is 24.3 Å². The molecule has 2 atom stereocenters. The predicted octanol–water partition coefficient (Wildman–Crippen LogP) is 2.68. The summed E-state index contributed by atoms with van der Waals surface area (Å²) in [6.45, 7) is 0. The molecule has 4 rings (SSSR count). The standard InChI is InChI=1S/C16H12O3/c17-14-9-5-1-2-6-10(9)15(18)16-13(14)11-7-3-4-8-12(11)19-16/h1-2,4-6,8,11-12H,3,7H2. The van der Waals surface area contributed by atoms with Crippen molar-refractivity contribution in [2.45, 2.75) is 18.9 Å². The minimum absolute atomic E-state index is 0.0343. The lowest BCUT2D eigenvalue weighted by molar-refractivity contribution is 0.0859. The van der Waals surface area contributed by atoms with Crippen LogP contribution in [0, 0.1) is 5.92 Å². The van der Waals surface area contributed by atoms with Crippen molar-refractivity contribution in [3.05, 3.63) is 58.9 Å². The summed E-state index contributed by atoms with van der Waals surface area (Å²) in [5.41, 5.74) is 1.58. The lowest BCUT2D eigenvalue weighted by Gasteiger charge is -2.20. The molecule has 0 aromatic heterocycles. The van der Waals surface area contributed by atoms with Gasteiger partial charge in [0.05, 0.1) is 5.57 Å². The number of benzene rings is 1. The Balaban J connectivity index is 1.89. The Hall–Kier alpha value is -2.16. The molecule has 0 radical (unpaired) electrons. The zero-order valence-corrected chi connectivity index (χ0v) is 10.3. The topological polar surface area (TPSA) is 43.4 Å². The number of carbonyl (C=O) groups excluding carboxylic acids is 2. The van der Waals surface area contributed by atoms with Crippen molar-refractivity contribution in [2.75, 3.05) is 0 Å². The van der Waals surface area contributed by atoms with Crippen LogP contribution in [0.25, 0.3) is 0 Å². The lowest BCUT2D eigenvalue weighted by Crippen LogP contribution is -2.24. The second-order valence-electron chi connectivity index (χ2n) is 5.14. The normalized spacial score (nSPS) is 27.8. The smallest absolute Gasteiger partial charge is 0.228 e. The van der Waals surface area contributed by atoms with Gasteiger partial charge in [0.1, 0.15) is 6.10 Å². The first kappa shape index (κ1) is 10.7. The minimum Gasteiger partial charge on any atom is -0.481 e. The Labute approximate surface area is 110 Å². The lowest BCUT2D eigenvalue weighted by atomic mass is 9.79. The molecule has 3 aliphatic rings. The van der Waals surface area contributed by atoms with E-state index < -0.39 is 0 Å². The van der Waals surface area contributed by atoms with Crippen LogP contribution in [-0.4, -0.2) is 17.7 Å². The van der Waals surface area contributed by atoms with Gasteiger partial charge in [0, 0.05) is 17.0 Å². The second kappa shape index (κ2) is 3.67. The maximum absolute atomic E-state index is 12.6.